The van der Waals surface area contributed by atoms with Gasteiger partial charge in [0.15, 0.2) is 0 Å². The topological polar surface area (TPSA) is 64.1 Å². The summed E-state index contributed by atoms with van der Waals surface area (Å²) in [6.07, 6.45) is 4.56. The van der Waals surface area contributed by atoms with Crippen LogP contribution >= 0.6 is 11.6 Å². The van der Waals surface area contributed by atoms with Gasteiger partial charge in [0.25, 0.3) is 0 Å². The molecule has 0 aromatic carbocycles. The monoisotopic (exact) mass is 229 g/mol. The molecule has 1 aliphatic rings. The molecule has 5 heteroatoms. The molecule has 4 nitrogen and oxygen atoms in total. The second-order valence-electron chi connectivity index (χ2n) is 4.33. The Labute approximate surface area is 94.0 Å². The van der Waals surface area contributed by atoms with Crippen molar-refractivity contribution in [3.05, 3.63) is 16.9 Å². The van der Waals surface area contributed by atoms with Gasteiger partial charge in [0.05, 0.1) is 16.9 Å². The Hall–Kier alpha value is -0.580. The van der Waals surface area contributed by atoms with E-state index >= 15 is 0 Å². The lowest BCUT2D eigenvalue weighted by atomic mass is 9.80. The Bertz CT molecular complexity index is 336. The highest BCUT2D eigenvalue weighted by Crippen LogP contribution is 2.39. The van der Waals surface area contributed by atoms with Gasteiger partial charge in [-0.05, 0) is 25.7 Å². The summed E-state index contributed by atoms with van der Waals surface area (Å²) in [6, 6.07) is 0.206. The molecule has 0 unspecified atom stereocenters. The second-order valence-corrected chi connectivity index (χ2v) is 4.74. The molecular weight excluding hydrogens is 214 g/mol. The third-order valence-corrected chi connectivity index (χ3v) is 3.47. The van der Waals surface area contributed by atoms with Crippen molar-refractivity contribution in [1.29, 1.82) is 0 Å². The van der Waals surface area contributed by atoms with Crippen molar-refractivity contribution in [1.82, 2.24) is 9.78 Å². The number of hydrogen-bond acceptors (Lipinski definition) is 3. The number of aryl methyl sites for hydroxylation is 1. The predicted octanol–water partition coefficient (Wildman–Crippen LogP) is 1.16. The smallest absolute Gasteiger partial charge is 0.108 e. The van der Waals surface area contributed by atoms with Crippen molar-refractivity contribution in [2.24, 2.45) is 12.8 Å². The van der Waals surface area contributed by atoms with Crippen molar-refractivity contribution >= 4 is 11.6 Å². The van der Waals surface area contributed by atoms with E-state index in [0.29, 0.717) is 17.9 Å². The first-order valence-electron chi connectivity index (χ1n) is 5.19. The summed E-state index contributed by atoms with van der Waals surface area (Å²) in [5.74, 6) is 0. The standard InChI is InChI=1S/C10H16ClN3O/c1-14-9(8(11)6-13-14)10(15)4-2-7(12)3-5-10/h6-7,15H,2-5,12H2,1H3. The molecule has 0 spiro atoms. The number of hydrogen-bond donors (Lipinski definition) is 2. The van der Waals surface area contributed by atoms with Gasteiger partial charge in [-0.3, -0.25) is 4.68 Å². The van der Waals surface area contributed by atoms with Gasteiger partial charge in [-0.1, -0.05) is 11.6 Å². The Morgan fingerprint density at radius 1 is 1.60 bits per heavy atom. The molecule has 0 bridgehead atoms. The predicted molar refractivity (Wildman–Crippen MR) is 58.6 cm³/mol. The minimum Gasteiger partial charge on any atom is -0.384 e. The van der Waals surface area contributed by atoms with Crippen molar-refractivity contribution in [2.45, 2.75) is 37.3 Å². The lowest BCUT2D eigenvalue weighted by Gasteiger charge is -2.34. The fourth-order valence-corrected chi connectivity index (χ4v) is 2.63. The Morgan fingerprint density at radius 3 is 2.67 bits per heavy atom. The normalized spacial score (nSPS) is 31.9. The Balaban J connectivity index is 2.30. The van der Waals surface area contributed by atoms with Gasteiger partial charge in [-0.25, -0.2) is 0 Å². The third kappa shape index (κ3) is 1.89. The number of aliphatic hydroxyl groups is 1. The van der Waals surface area contributed by atoms with E-state index in [4.69, 9.17) is 17.3 Å². The first-order valence-corrected chi connectivity index (χ1v) is 5.57. The summed E-state index contributed by atoms with van der Waals surface area (Å²) in [6.45, 7) is 0. The molecule has 15 heavy (non-hydrogen) atoms. The van der Waals surface area contributed by atoms with E-state index in [-0.39, 0.29) is 6.04 Å². The molecule has 1 fully saturated rings. The van der Waals surface area contributed by atoms with Crippen LogP contribution in [-0.2, 0) is 12.6 Å². The van der Waals surface area contributed by atoms with Crippen LogP contribution in [0.15, 0.2) is 6.20 Å². The minimum atomic E-state index is -0.849. The molecule has 84 valence electrons. The van der Waals surface area contributed by atoms with Crippen LogP contribution in [0, 0.1) is 0 Å². The summed E-state index contributed by atoms with van der Waals surface area (Å²) in [7, 11) is 1.80. The molecule has 1 aromatic heterocycles. The van der Waals surface area contributed by atoms with Crippen LogP contribution in [0.2, 0.25) is 5.02 Å². The van der Waals surface area contributed by atoms with Crippen LogP contribution in [0.25, 0.3) is 0 Å². The van der Waals surface area contributed by atoms with Gasteiger partial charge in [-0.15, -0.1) is 0 Å². The van der Waals surface area contributed by atoms with Crippen molar-refractivity contribution in [3.8, 4) is 0 Å². The van der Waals surface area contributed by atoms with Gasteiger partial charge in [0.1, 0.15) is 5.60 Å². The van der Waals surface area contributed by atoms with Crippen molar-refractivity contribution in [2.75, 3.05) is 0 Å². The van der Waals surface area contributed by atoms with Crippen molar-refractivity contribution < 1.29 is 5.11 Å². The van der Waals surface area contributed by atoms with E-state index in [1.807, 2.05) is 0 Å². The maximum Gasteiger partial charge on any atom is 0.108 e. The average Bonchev–Trinajstić information content (AvgIpc) is 2.52. The first-order chi connectivity index (χ1) is 7.03. The number of aromatic nitrogens is 2. The van der Waals surface area contributed by atoms with E-state index < -0.39 is 5.60 Å². The summed E-state index contributed by atoms with van der Waals surface area (Å²) < 4.78 is 1.65. The quantitative estimate of drug-likeness (QED) is 0.760. The average molecular weight is 230 g/mol. The van der Waals surface area contributed by atoms with Crippen LogP contribution < -0.4 is 5.73 Å². The van der Waals surface area contributed by atoms with Gasteiger partial charge in [0, 0.05) is 13.1 Å². The fourth-order valence-electron chi connectivity index (χ4n) is 2.29. The highest BCUT2D eigenvalue weighted by Gasteiger charge is 2.37. The highest BCUT2D eigenvalue weighted by atomic mass is 35.5. The molecule has 0 aliphatic heterocycles. The molecule has 1 heterocycles. The largest absolute Gasteiger partial charge is 0.384 e. The zero-order valence-corrected chi connectivity index (χ0v) is 9.54. The zero-order chi connectivity index (χ0) is 11.1. The summed E-state index contributed by atoms with van der Waals surface area (Å²) in [5, 5.41) is 15.1. The SMILES string of the molecule is Cn1ncc(Cl)c1C1(O)CCC(N)CC1. The molecule has 1 saturated carbocycles. The molecule has 1 aliphatic carbocycles. The van der Waals surface area contributed by atoms with Crippen LogP contribution in [-0.4, -0.2) is 20.9 Å². The van der Waals surface area contributed by atoms with E-state index in [1.54, 1.807) is 17.9 Å². The maximum absolute atomic E-state index is 10.5. The molecule has 0 atom stereocenters. The van der Waals surface area contributed by atoms with Crippen molar-refractivity contribution in [3.63, 3.8) is 0 Å². The van der Waals surface area contributed by atoms with E-state index in [2.05, 4.69) is 5.10 Å². The van der Waals surface area contributed by atoms with Gasteiger partial charge < -0.3 is 10.8 Å². The van der Waals surface area contributed by atoms with Crippen LogP contribution in [0.4, 0.5) is 0 Å². The number of halogens is 1. The maximum atomic E-state index is 10.5. The van der Waals surface area contributed by atoms with E-state index in [0.717, 1.165) is 18.5 Å². The number of nitrogens with two attached hydrogens (primary N) is 1. The van der Waals surface area contributed by atoms with Crippen LogP contribution in [0.3, 0.4) is 0 Å². The third-order valence-electron chi connectivity index (χ3n) is 3.19. The van der Waals surface area contributed by atoms with Gasteiger partial charge >= 0.3 is 0 Å². The molecule has 0 radical (unpaired) electrons. The van der Waals surface area contributed by atoms with Gasteiger partial charge in [-0.2, -0.15) is 5.10 Å². The molecule has 0 amide bonds. The Kier molecular flexibility index (Phi) is 2.75. The fraction of sp³-hybridized carbons (Fsp3) is 0.700. The number of rotatable bonds is 1. The van der Waals surface area contributed by atoms with Crippen LogP contribution in [0.5, 0.6) is 0 Å². The first kappa shape index (κ1) is 10.9. The lowest BCUT2D eigenvalue weighted by Crippen LogP contribution is -2.38. The zero-order valence-electron chi connectivity index (χ0n) is 8.78. The molecule has 1 aromatic rings. The van der Waals surface area contributed by atoms with Crippen LogP contribution in [0.1, 0.15) is 31.4 Å². The minimum absolute atomic E-state index is 0.206. The summed E-state index contributed by atoms with van der Waals surface area (Å²) >= 11 is 6.03. The van der Waals surface area contributed by atoms with E-state index in [9.17, 15) is 5.11 Å². The highest BCUT2D eigenvalue weighted by molar-refractivity contribution is 6.31. The molecule has 3 N–H and O–H groups in total. The van der Waals surface area contributed by atoms with Gasteiger partial charge in [0.2, 0.25) is 0 Å². The molecule has 2 rings (SSSR count). The summed E-state index contributed by atoms with van der Waals surface area (Å²) in [5.41, 5.74) is 5.69. The summed E-state index contributed by atoms with van der Waals surface area (Å²) in [4.78, 5) is 0. The Morgan fingerprint density at radius 2 is 2.20 bits per heavy atom. The van der Waals surface area contributed by atoms with E-state index in [1.165, 1.54) is 0 Å². The molecule has 0 saturated heterocycles. The number of nitrogens with zero attached hydrogens (tertiary/aromatic N) is 2. The second kappa shape index (κ2) is 3.77. The lowest BCUT2D eigenvalue weighted by molar-refractivity contribution is -0.0120. The molecular formula is C10H16ClN3O.